The minimum absolute atomic E-state index is 0.445. The molecule has 0 aliphatic rings. The Balaban J connectivity index is 1.41. The molecule has 2 aromatic carbocycles. The first kappa shape index (κ1) is 21.2. The van der Waals surface area contributed by atoms with Gasteiger partial charge in [0.15, 0.2) is 11.0 Å². The van der Waals surface area contributed by atoms with Gasteiger partial charge in [-0.2, -0.15) is 4.98 Å². The number of aromatic nitrogens is 5. The van der Waals surface area contributed by atoms with Crippen molar-refractivity contribution in [3.63, 3.8) is 0 Å². The normalized spacial score (nSPS) is 11.0. The minimum atomic E-state index is 0.445. The van der Waals surface area contributed by atoms with E-state index in [0.717, 1.165) is 27.1 Å². The molecular formula is C23H19N5O3S2. The summed E-state index contributed by atoms with van der Waals surface area (Å²) in [6.45, 7) is 0. The van der Waals surface area contributed by atoms with Crippen LogP contribution in [0, 0.1) is 0 Å². The Hall–Kier alpha value is -3.63. The molecule has 3 heterocycles. The molecule has 0 aliphatic carbocycles. The van der Waals surface area contributed by atoms with Gasteiger partial charge in [-0.3, -0.25) is 4.57 Å². The van der Waals surface area contributed by atoms with Gasteiger partial charge in [0, 0.05) is 11.8 Å². The standard InChI is InChI=1S/C23H19N5O3S2/c1-29-16-10-11-17(18(13-16)30-2)21-24-20(31-27-21)14-33-23-26-25-22(19-9-6-12-32-19)28(23)15-7-4-3-5-8-15/h3-13H,14H2,1-2H3. The van der Waals surface area contributed by atoms with Crippen LogP contribution in [0.25, 0.3) is 27.8 Å². The summed E-state index contributed by atoms with van der Waals surface area (Å²) in [5, 5.41) is 15.8. The number of rotatable bonds is 8. The zero-order valence-corrected chi connectivity index (χ0v) is 19.5. The molecule has 0 saturated carbocycles. The largest absolute Gasteiger partial charge is 0.497 e. The summed E-state index contributed by atoms with van der Waals surface area (Å²) in [7, 11) is 3.20. The molecule has 0 N–H and O–H groups in total. The van der Waals surface area contributed by atoms with Crippen LogP contribution in [0.1, 0.15) is 5.89 Å². The number of para-hydroxylation sites is 1. The summed E-state index contributed by atoms with van der Waals surface area (Å²) in [6.07, 6.45) is 0. The second-order valence-corrected chi connectivity index (χ2v) is 8.71. The van der Waals surface area contributed by atoms with Gasteiger partial charge in [-0.15, -0.1) is 21.5 Å². The van der Waals surface area contributed by atoms with Gasteiger partial charge >= 0.3 is 0 Å². The van der Waals surface area contributed by atoms with E-state index >= 15 is 0 Å². The maximum Gasteiger partial charge on any atom is 0.237 e. The van der Waals surface area contributed by atoms with E-state index in [1.807, 2.05) is 64.5 Å². The fraction of sp³-hybridized carbons (Fsp3) is 0.130. The summed E-state index contributed by atoms with van der Waals surface area (Å²) >= 11 is 3.11. The smallest absolute Gasteiger partial charge is 0.237 e. The van der Waals surface area contributed by atoms with E-state index < -0.39 is 0 Å². The fourth-order valence-corrected chi connectivity index (χ4v) is 4.76. The number of thiophene rings is 1. The number of hydrogen-bond donors (Lipinski definition) is 0. The first-order valence-corrected chi connectivity index (χ1v) is 11.9. The topological polar surface area (TPSA) is 88.1 Å². The maximum atomic E-state index is 5.50. The Morgan fingerprint density at radius 1 is 1.00 bits per heavy atom. The van der Waals surface area contributed by atoms with Crippen LogP contribution in [0.5, 0.6) is 11.5 Å². The molecule has 8 nitrogen and oxygen atoms in total. The Kier molecular flexibility index (Phi) is 6.09. The number of benzene rings is 2. The number of methoxy groups -OCH3 is 2. The van der Waals surface area contributed by atoms with Gasteiger partial charge in [-0.05, 0) is 35.7 Å². The second kappa shape index (κ2) is 9.47. The van der Waals surface area contributed by atoms with Crippen molar-refractivity contribution in [1.82, 2.24) is 24.9 Å². The van der Waals surface area contributed by atoms with Crippen LogP contribution >= 0.6 is 23.1 Å². The van der Waals surface area contributed by atoms with Crippen LogP contribution in [-0.4, -0.2) is 39.1 Å². The molecule has 0 radical (unpaired) electrons. The number of thioether (sulfide) groups is 1. The van der Waals surface area contributed by atoms with Crippen molar-refractivity contribution in [3.8, 4) is 39.3 Å². The highest BCUT2D eigenvalue weighted by Gasteiger charge is 2.19. The molecule has 0 bridgehead atoms. The third-order valence-electron chi connectivity index (χ3n) is 4.83. The van der Waals surface area contributed by atoms with Gasteiger partial charge in [0.2, 0.25) is 11.7 Å². The lowest BCUT2D eigenvalue weighted by Crippen LogP contribution is -1.98. The van der Waals surface area contributed by atoms with E-state index in [-0.39, 0.29) is 0 Å². The summed E-state index contributed by atoms with van der Waals surface area (Å²) in [5.41, 5.74) is 1.72. The van der Waals surface area contributed by atoms with Gasteiger partial charge in [0.25, 0.3) is 0 Å². The number of nitrogens with zero attached hydrogens (tertiary/aromatic N) is 5. The summed E-state index contributed by atoms with van der Waals surface area (Å²) < 4.78 is 18.3. The Labute approximate surface area is 198 Å². The van der Waals surface area contributed by atoms with E-state index in [0.29, 0.717) is 29.0 Å². The van der Waals surface area contributed by atoms with Gasteiger partial charge in [-0.25, -0.2) is 0 Å². The SMILES string of the molecule is COc1ccc(-c2noc(CSc3nnc(-c4cccs4)n3-c3ccccc3)n2)c(OC)c1. The highest BCUT2D eigenvalue weighted by atomic mass is 32.2. The van der Waals surface area contributed by atoms with E-state index in [2.05, 4.69) is 20.3 Å². The van der Waals surface area contributed by atoms with E-state index in [1.54, 1.807) is 31.6 Å². The molecule has 0 fully saturated rings. The lowest BCUT2D eigenvalue weighted by atomic mass is 10.2. The zero-order valence-electron chi connectivity index (χ0n) is 17.8. The predicted octanol–water partition coefficient (Wildman–Crippen LogP) is 5.36. The van der Waals surface area contributed by atoms with Crippen molar-refractivity contribution in [1.29, 1.82) is 0 Å². The Morgan fingerprint density at radius 3 is 2.64 bits per heavy atom. The summed E-state index contributed by atoms with van der Waals surface area (Å²) in [5.74, 6) is 3.48. The molecule has 0 spiro atoms. The van der Waals surface area contributed by atoms with E-state index in [1.165, 1.54) is 11.8 Å². The van der Waals surface area contributed by atoms with Crippen molar-refractivity contribution in [2.45, 2.75) is 10.9 Å². The third-order valence-corrected chi connectivity index (χ3v) is 6.61. The summed E-state index contributed by atoms with van der Waals surface area (Å²) in [4.78, 5) is 5.59. The molecule has 0 amide bonds. The van der Waals surface area contributed by atoms with Gasteiger partial charge in [-0.1, -0.05) is 41.2 Å². The quantitative estimate of drug-likeness (QED) is 0.276. The fourth-order valence-electron chi connectivity index (χ4n) is 3.27. The van der Waals surface area contributed by atoms with Gasteiger partial charge in [0.05, 0.1) is 30.4 Å². The summed E-state index contributed by atoms with van der Waals surface area (Å²) in [6, 6.07) is 19.5. The monoisotopic (exact) mass is 477 g/mol. The molecule has 5 aromatic rings. The third kappa shape index (κ3) is 4.35. The lowest BCUT2D eigenvalue weighted by Gasteiger charge is -2.08. The van der Waals surface area contributed by atoms with E-state index in [9.17, 15) is 0 Å². The Morgan fingerprint density at radius 2 is 1.88 bits per heavy atom. The van der Waals surface area contributed by atoms with Crippen LogP contribution in [0.3, 0.4) is 0 Å². The van der Waals surface area contributed by atoms with Gasteiger partial charge < -0.3 is 14.0 Å². The highest BCUT2D eigenvalue weighted by Crippen LogP contribution is 2.34. The van der Waals surface area contributed by atoms with Gasteiger partial charge in [0.1, 0.15) is 11.5 Å². The van der Waals surface area contributed by atoms with Crippen LogP contribution < -0.4 is 9.47 Å². The van der Waals surface area contributed by atoms with Crippen LogP contribution in [0.2, 0.25) is 0 Å². The van der Waals surface area contributed by atoms with Crippen molar-refractivity contribution < 1.29 is 14.0 Å². The minimum Gasteiger partial charge on any atom is -0.497 e. The van der Waals surface area contributed by atoms with Crippen LogP contribution in [0.15, 0.2) is 75.7 Å². The molecule has 0 aliphatic heterocycles. The molecule has 166 valence electrons. The zero-order chi connectivity index (χ0) is 22.6. The van der Waals surface area contributed by atoms with Crippen LogP contribution in [0.4, 0.5) is 0 Å². The van der Waals surface area contributed by atoms with Crippen molar-refractivity contribution >= 4 is 23.1 Å². The number of ether oxygens (including phenoxy) is 2. The number of hydrogen-bond acceptors (Lipinski definition) is 9. The van der Waals surface area contributed by atoms with Crippen molar-refractivity contribution in [2.75, 3.05) is 14.2 Å². The first-order valence-electron chi connectivity index (χ1n) is 9.99. The first-order chi connectivity index (χ1) is 16.3. The van der Waals surface area contributed by atoms with Crippen LogP contribution in [-0.2, 0) is 5.75 Å². The molecule has 3 aromatic heterocycles. The molecule has 5 rings (SSSR count). The molecular weight excluding hydrogens is 458 g/mol. The molecule has 0 saturated heterocycles. The van der Waals surface area contributed by atoms with E-state index in [4.69, 9.17) is 14.0 Å². The highest BCUT2D eigenvalue weighted by molar-refractivity contribution is 7.98. The van der Waals surface area contributed by atoms with Crippen molar-refractivity contribution in [3.05, 3.63) is 71.9 Å². The average molecular weight is 478 g/mol. The molecule has 10 heteroatoms. The lowest BCUT2D eigenvalue weighted by molar-refractivity contribution is 0.388. The molecule has 0 atom stereocenters. The second-order valence-electron chi connectivity index (χ2n) is 6.82. The van der Waals surface area contributed by atoms with Crippen molar-refractivity contribution in [2.24, 2.45) is 0 Å². The Bertz CT molecular complexity index is 1350. The maximum absolute atomic E-state index is 5.50. The molecule has 33 heavy (non-hydrogen) atoms. The molecule has 0 unspecified atom stereocenters. The average Bonchev–Trinajstić information content (AvgIpc) is 3.63. The predicted molar refractivity (Wildman–Crippen MR) is 127 cm³/mol.